The lowest BCUT2D eigenvalue weighted by Crippen LogP contribution is -2.29. The first kappa shape index (κ1) is 11.8. The van der Waals surface area contributed by atoms with Gasteiger partial charge in [0.05, 0.1) is 0 Å². The molecule has 13 heavy (non-hydrogen) atoms. The van der Waals surface area contributed by atoms with Crippen molar-refractivity contribution < 1.29 is 0 Å². The fraction of sp³-hybridized carbons (Fsp3) is 0.778. The third kappa shape index (κ3) is 5.21. The molecule has 0 aliphatic carbocycles. The Bertz CT molecular complexity index is 167. The highest BCUT2D eigenvalue weighted by Crippen LogP contribution is 2.23. The maximum absolute atomic E-state index is 5.56. The summed E-state index contributed by atoms with van der Waals surface area (Å²) in [4.78, 5) is 0. The van der Waals surface area contributed by atoms with Crippen molar-refractivity contribution in [2.24, 2.45) is 0 Å². The summed E-state index contributed by atoms with van der Waals surface area (Å²) in [5.74, 6) is 3.92. The van der Waals surface area contributed by atoms with E-state index >= 15 is 0 Å². The van der Waals surface area contributed by atoms with Crippen LogP contribution in [0.2, 0.25) is 0 Å². The Morgan fingerprint density at radius 2 is 2.46 bits per heavy atom. The SMILES string of the molecule is CC(=CCl)CNCC1CSCCS1. The fourth-order valence-electron chi connectivity index (χ4n) is 1.12. The van der Waals surface area contributed by atoms with E-state index in [0.717, 1.165) is 18.3 Å². The molecule has 0 aromatic rings. The van der Waals surface area contributed by atoms with Crippen molar-refractivity contribution in [3.8, 4) is 0 Å². The van der Waals surface area contributed by atoms with Gasteiger partial charge < -0.3 is 5.32 Å². The summed E-state index contributed by atoms with van der Waals surface area (Å²) < 4.78 is 0. The first-order valence-corrected chi connectivity index (χ1v) is 7.13. The van der Waals surface area contributed by atoms with Crippen LogP contribution in [-0.4, -0.2) is 35.6 Å². The summed E-state index contributed by atoms with van der Waals surface area (Å²) in [7, 11) is 0. The summed E-state index contributed by atoms with van der Waals surface area (Å²) in [6.45, 7) is 4.08. The fourth-order valence-corrected chi connectivity index (χ4v) is 3.85. The maximum atomic E-state index is 5.56. The zero-order chi connectivity index (χ0) is 9.52. The van der Waals surface area contributed by atoms with Crippen LogP contribution in [0.3, 0.4) is 0 Å². The van der Waals surface area contributed by atoms with Crippen LogP contribution in [0.5, 0.6) is 0 Å². The molecule has 0 aromatic heterocycles. The molecule has 1 aliphatic heterocycles. The lowest BCUT2D eigenvalue weighted by atomic mass is 10.3. The van der Waals surface area contributed by atoms with Gasteiger partial charge in [-0.15, -0.1) is 0 Å². The summed E-state index contributed by atoms with van der Waals surface area (Å²) in [6.07, 6.45) is 0. The van der Waals surface area contributed by atoms with Crippen molar-refractivity contribution in [1.29, 1.82) is 0 Å². The monoisotopic (exact) mass is 237 g/mol. The molecule has 0 spiro atoms. The molecule has 4 heteroatoms. The van der Waals surface area contributed by atoms with E-state index in [0.29, 0.717) is 0 Å². The van der Waals surface area contributed by atoms with Crippen LogP contribution in [0, 0.1) is 0 Å². The molecule has 0 amide bonds. The minimum Gasteiger partial charge on any atom is -0.312 e. The molecular formula is C9H16ClNS2. The average molecular weight is 238 g/mol. The Balaban J connectivity index is 2.04. The quantitative estimate of drug-likeness (QED) is 0.807. The molecule has 0 aromatic carbocycles. The zero-order valence-electron chi connectivity index (χ0n) is 7.88. The molecule has 1 aliphatic rings. The van der Waals surface area contributed by atoms with E-state index in [1.165, 1.54) is 22.8 Å². The van der Waals surface area contributed by atoms with E-state index in [1.54, 1.807) is 5.54 Å². The third-order valence-corrected chi connectivity index (χ3v) is 5.06. The number of rotatable bonds is 4. The highest BCUT2D eigenvalue weighted by molar-refractivity contribution is 8.06. The van der Waals surface area contributed by atoms with Gasteiger partial charge in [-0.25, -0.2) is 0 Å². The van der Waals surface area contributed by atoms with Crippen LogP contribution >= 0.6 is 35.1 Å². The van der Waals surface area contributed by atoms with Crippen LogP contribution < -0.4 is 5.32 Å². The lowest BCUT2D eigenvalue weighted by molar-refractivity contribution is 0.727. The number of hydrogen-bond donors (Lipinski definition) is 1. The van der Waals surface area contributed by atoms with Crippen molar-refractivity contribution in [3.05, 3.63) is 11.1 Å². The maximum Gasteiger partial charge on any atom is 0.0263 e. The lowest BCUT2D eigenvalue weighted by Gasteiger charge is -2.21. The summed E-state index contributed by atoms with van der Waals surface area (Å²) in [6, 6.07) is 0. The third-order valence-electron chi connectivity index (χ3n) is 1.85. The molecule has 0 saturated carbocycles. The molecule has 1 fully saturated rings. The Morgan fingerprint density at radius 3 is 3.08 bits per heavy atom. The minimum absolute atomic E-state index is 0.793. The van der Waals surface area contributed by atoms with Crippen molar-refractivity contribution in [3.63, 3.8) is 0 Å². The van der Waals surface area contributed by atoms with E-state index in [1.807, 2.05) is 6.92 Å². The van der Waals surface area contributed by atoms with Gasteiger partial charge in [-0.2, -0.15) is 23.5 Å². The summed E-state index contributed by atoms with van der Waals surface area (Å²) in [5.41, 5.74) is 2.85. The predicted octanol–water partition coefficient (Wildman–Crippen LogP) is 2.57. The van der Waals surface area contributed by atoms with Gasteiger partial charge in [-0.05, 0) is 12.5 Å². The van der Waals surface area contributed by atoms with Gasteiger partial charge >= 0.3 is 0 Å². The van der Waals surface area contributed by atoms with E-state index in [2.05, 4.69) is 28.8 Å². The van der Waals surface area contributed by atoms with Crippen molar-refractivity contribution >= 4 is 35.1 Å². The van der Waals surface area contributed by atoms with Gasteiger partial charge in [0, 0.05) is 41.1 Å². The number of thioether (sulfide) groups is 2. The highest BCUT2D eigenvalue weighted by Gasteiger charge is 2.13. The second-order valence-electron chi connectivity index (χ2n) is 3.15. The predicted molar refractivity (Wildman–Crippen MR) is 66.1 cm³/mol. The average Bonchev–Trinajstić information content (AvgIpc) is 2.19. The van der Waals surface area contributed by atoms with Crippen molar-refractivity contribution in [1.82, 2.24) is 5.32 Å². The van der Waals surface area contributed by atoms with E-state index in [4.69, 9.17) is 11.6 Å². The van der Waals surface area contributed by atoms with Crippen LogP contribution in [0.25, 0.3) is 0 Å². The van der Waals surface area contributed by atoms with Crippen molar-refractivity contribution in [2.45, 2.75) is 12.2 Å². The molecule has 1 nitrogen and oxygen atoms in total. The molecule has 1 N–H and O–H groups in total. The van der Waals surface area contributed by atoms with Gasteiger partial charge in [0.2, 0.25) is 0 Å². The Hall–Kier alpha value is 0.690. The van der Waals surface area contributed by atoms with Gasteiger partial charge in [0.15, 0.2) is 0 Å². The normalized spacial score (nSPS) is 24.8. The van der Waals surface area contributed by atoms with Crippen LogP contribution in [0.15, 0.2) is 11.1 Å². The van der Waals surface area contributed by atoms with Crippen LogP contribution in [-0.2, 0) is 0 Å². The summed E-state index contributed by atoms with van der Waals surface area (Å²) >= 11 is 9.71. The first-order chi connectivity index (χ1) is 6.33. The van der Waals surface area contributed by atoms with Gasteiger partial charge in [-0.3, -0.25) is 0 Å². The molecule has 1 saturated heterocycles. The molecule has 0 radical (unpaired) electrons. The second kappa shape index (κ2) is 7.04. The zero-order valence-corrected chi connectivity index (χ0v) is 10.3. The number of halogens is 1. The van der Waals surface area contributed by atoms with E-state index in [-0.39, 0.29) is 0 Å². The van der Waals surface area contributed by atoms with E-state index < -0.39 is 0 Å². The Kier molecular flexibility index (Phi) is 6.37. The summed E-state index contributed by atoms with van der Waals surface area (Å²) in [5, 5.41) is 4.21. The second-order valence-corrected chi connectivity index (χ2v) is 5.93. The molecule has 0 bridgehead atoms. The van der Waals surface area contributed by atoms with Gasteiger partial charge in [0.1, 0.15) is 0 Å². The Labute approximate surface area is 94.1 Å². The largest absolute Gasteiger partial charge is 0.312 e. The van der Waals surface area contributed by atoms with E-state index in [9.17, 15) is 0 Å². The van der Waals surface area contributed by atoms with Gasteiger partial charge in [-0.1, -0.05) is 11.6 Å². The highest BCUT2D eigenvalue weighted by atomic mass is 35.5. The molecule has 76 valence electrons. The molecule has 1 atom stereocenters. The first-order valence-electron chi connectivity index (χ1n) is 4.49. The molecule has 1 rings (SSSR count). The van der Waals surface area contributed by atoms with Crippen LogP contribution in [0.4, 0.5) is 0 Å². The molecule has 1 heterocycles. The van der Waals surface area contributed by atoms with Crippen molar-refractivity contribution in [2.75, 3.05) is 30.3 Å². The number of hydrogen-bond acceptors (Lipinski definition) is 3. The standard InChI is InChI=1S/C9H16ClNS2/c1-8(4-10)5-11-6-9-7-12-2-3-13-9/h4,9,11H,2-3,5-7H2,1H3. The van der Waals surface area contributed by atoms with Crippen LogP contribution in [0.1, 0.15) is 6.92 Å². The smallest absolute Gasteiger partial charge is 0.0263 e. The Morgan fingerprint density at radius 1 is 1.62 bits per heavy atom. The topological polar surface area (TPSA) is 12.0 Å². The molecular weight excluding hydrogens is 222 g/mol. The minimum atomic E-state index is 0.793. The molecule has 1 unspecified atom stereocenters. The number of nitrogens with one attached hydrogen (secondary N) is 1. The van der Waals surface area contributed by atoms with Gasteiger partial charge in [0.25, 0.3) is 0 Å².